The van der Waals surface area contributed by atoms with Crippen LogP contribution < -0.4 is 4.90 Å². The van der Waals surface area contributed by atoms with Crippen molar-refractivity contribution in [2.24, 2.45) is 0 Å². The molecule has 0 aliphatic carbocycles. The summed E-state index contributed by atoms with van der Waals surface area (Å²) in [6, 6.07) is 5.18. The molecule has 0 spiro atoms. The third kappa shape index (κ3) is 3.57. The molecule has 0 saturated carbocycles. The largest absolute Gasteiger partial charge is 0.357 e. The van der Waals surface area contributed by atoms with Crippen LogP contribution in [0, 0.1) is 0 Å². The Bertz CT molecular complexity index is 423. The molecule has 116 valence electrons. The minimum absolute atomic E-state index is 0.611. The van der Waals surface area contributed by atoms with Gasteiger partial charge >= 0.3 is 0 Å². The fraction of sp³-hybridized carbons (Fsp3) is 0.722. The lowest BCUT2D eigenvalue weighted by atomic mass is 10.1. The smallest absolute Gasteiger partial charge is 0.128 e. The van der Waals surface area contributed by atoms with E-state index in [-0.39, 0.29) is 0 Å². The highest BCUT2D eigenvalue weighted by molar-refractivity contribution is 5.40. The number of rotatable bonds is 5. The first kappa shape index (κ1) is 14.8. The Balaban J connectivity index is 1.65. The van der Waals surface area contributed by atoms with E-state index < -0.39 is 0 Å². The van der Waals surface area contributed by atoms with Crippen molar-refractivity contribution in [3.05, 3.63) is 23.9 Å². The maximum absolute atomic E-state index is 4.76. The predicted octanol–water partition coefficient (Wildman–Crippen LogP) is 4.01. The fourth-order valence-electron chi connectivity index (χ4n) is 3.74. The summed E-state index contributed by atoms with van der Waals surface area (Å²) in [6.45, 7) is 7.14. The van der Waals surface area contributed by atoms with Crippen molar-refractivity contribution in [2.75, 3.05) is 31.1 Å². The van der Waals surface area contributed by atoms with Crippen molar-refractivity contribution < 1.29 is 0 Å². The summed E-state index contributed by atoms with van der Waals surface area (Å²) in [5, 5.41) is 0. The zero-order valence-corrected chi connectivity index (χ0v) is 13.4. The van der Waals surface area contributed by atoms with E-state index in [0.717, 1.165) is 0 Å². The minimum Gasteiger partial charge on any atom is -0.357 e. The van der Waals surface area contributed by atoms with E-state index in [1.165, 1.54) is 82.5 Å². The maximum atomic E-state index is 4.76. The molecular formula is C18H29N3. The van der Waals surface area contributed by atoms with Crippen LogP contribution in [0.15, 0.2) is 18.3 Å². The molecule has 0 aromatic carbocycles. The van der Waals surface area contributed by atoms with E-state index in [4.69, 9.17) is 4.98 Å². The maximum Gasteiger partial charge on any atom is 0.128 e. The summed E-state index contributed by atoms with van der Waals surface area (Å²) in [5.41, 5.74) is 1.42. The Labute approximate surface area is 129 Å². The van der Waals surface area contributed by atoms with Gasteiger partial charge in [0.15, 0.2) is 0 Å². The lowest BCUT2D eigenvalue weighted by Crippen LogP contribution is -2.30. The topological polar surface area (TPSA) is 19.4 Å². The first-order valence-corrected chi connectivity index (χ1v) is 8.83. The van der Waals surface area contributed by atoms with Gasteiger partial charge in [-0.3, -0.25) is 4.90 Å². The normalized spacial score (nSPS) is 23.7. The highest BCUT2D eigenvalue weighted by Gasteiger charge is 2.25. The van der Waals surface area contributed by atoms with Gasteiger partial charge in [0, 0.05) is 25.3 Å². The third-order valence-corrected chi connectivity index (χ3v) is 5.00. The van der Waals surface area contributed by atoms with Gasteiger partial charge in [-0.2, -0.15) is 0 Å². The molecule has 3 nitrogen and oxygen atoms in total. The second-order valence-corrected chi connectivity index (χ2v) is 6.54. The molecular weight excluding hydrogens is 258 g/mol. The number of aromatic nitrogens is 1. The number of piperidine rings is 1. The van der Waals surface area contributed by atoms with Crippen LogP contribution in [-0.4, -0.2) is 36.1 Å². The first-order chi connectivity index (χ1) is 10.4. The molecule has 0 bridgehead atoms. The zero-order chi connectivity index (χ0) is 14.5. The summed E-state index contributed by atoms with van der Waals surface area (Å²) >= 11 is 0. The Morgan fingerprint density at radius 3 is 2.67 bits per heavy atom. The highest BCUT2D eigenvalue weighted by Crippen LogP contribution is 2.32. The van der Waals surface area contributed by atoms with E-state index in [9.17, 15) is 0 Å². The number of nitrogens with zero attached hydrogens (tertiary/aromatic N) is 3. The van der Waals surface area contributed by atoms with Gasteiger partial charge < -0.3 is 4.90 Å². The summed E-state index contributed by atoms with van der Waals surface area (Å²) in [6.07, 6.45) is 11.4. The molecule has 0 radical (unpaired) electrons. The van der Waals surface area contributed by atoms with Crippen LogP contribution in [-0.2, 0) is 0 Å². The molecule has 2 saturated heterocycles. The number of pyridine rings is 1. The molecule has 3 rings (SSSR count). The quantitative estimate of drug-likeness (QED) is 0.815. The van der Waals surface area contributed by atoms with Gasteiger partial charge in [-0.05, 0) is 63.2 Å². The van der Waals surface area contributed by atoms with E-state index in [0.29, 0.717) is 6.04 Å². The van der Waals surface area contributed by atoms with E-state index in [1.807, 2.05) is 0 Å². The lowest BCUT2D eigenvalue weighted by Gasteiger charge is -2.28. The molecule has 2 aliphatic heterocycles. The van der Waals surface area contributed by atoms with Crippen LogP contribution >= 0.6 is 0 Å². The molecule has 0 N–H and O–H groups in total. The molecule has 0 amide bonds. The number of hydrogen-bond acceptors (Lipinski definition) is 3. The van der Waals surface area contributed by atoms with Crippen molar-refractivity contribution in [3.63, 3.8) is 0 Å². The average Bonchev–Trinajstić information content (AvgIpc) is 3.02. The summed E-state index contributed by atoms with van der Waals surface area (Å²) in [7, 11) is 0. The van der Waals surface area contributed by atoms with Gasteiger partial charge in [0.1, 0.15) is 5.82 Å². The van der Waals surface area contributed by atoms with E-state index in [1.54, 1.807) is 0 Å². The van der Waals surface area contributed by atoms with Crippen LogP contribution in [0.5, 0.6) is 0 Å². The molecule has 3 heterocycles. The van der Waals surface area contributed by atoms with Crippen molar-refractivity contribution in [1.82, 2.24) is 9.88 Å². The van der Waals surface area contributed by atoms with Crippen LogP contribution in [0.1, 0.15) is 63.5 Å². The SMILES string of the molecule is CCCCN1CCC[C@H]1c1ccc(N2CCCCC2)nc1. The van der Waals surface area contributed by atoms with Crippen molar-refractivity contribution in [2.45, 2.75) is 57.9 Å². The molecule has 3 heteroatoms. The predicted molar refractivity (Wildman–Crippen MR) is 88.8 cm³/mol. The molecule has 0 unspecified atom stereocenters. The van der Waals surface area contributed by atoms with Gasteiger partial charge in [-0.15, -0.1) is 0 Å². The van der Waals surface area contributed by atoms with Crippen LogP contribution in [0.4, 0.5) is 5.82 Å². The zero-order valence-electron chi connectivity index (χ0n) is 13.4. The number of unbranched alkanes of at least 4 members (excludes halogenated alkanes) is 1. The Morgan fingerprint density at radius 2 is 1.95 bits per heavy atom. The Morgan fingerprint density at radius 1 is 1.10 bits per heavy atom. The van der Waals surface area contributed by atoms with Gasteiger partial charge in [0.25, 0.3) is 0 Å². The van der Waals surface area contributed by atoms with Gasteiger partial charge in [0.05, 0.1) is 0 Å². The van der Waals surface area contributed by atoms with Crippen LogP contribution in [0.2, 0.25) is 0 Å². The molecule has 2 aliphatic rings. The fourth-order valence-corrected chi connectivity index (χ4v) is 3.74. The Kier molecular flexibility index (Phi) is 5.13. The third-order valence-electron chi connectivity index (χ3n) is 5.00. The first-order valence-electron chi connectivity index (χ1n) is 8.83. The van der Waals surface area contributed by atoms with E-state index in [2.05, 4.69) is 35.1 Å². The second-order valence-electron chi connectivity index (χ2n) is 6.54. The lowest BCUT2D eigenvalue weighted by molar-refractivity contribution is 0.253. The van der Waals surface area contributed by atoms with E-state index >= 15 is 0 Å². The highest BCUT2D eigenvalue weighted by atomic mass is 15.2. The van der Waals surface area contributed by atoms with Gasteiger partial charge in [-0.1, -0.05) is 19.4 Å². The van der Waals surface area contributed by atoms with Crippen LogP contribution in [0.3, 0.4) is 0 Å². The van der Waals surface area contributed by atoms with Crippen molar-refractivity contribution >= 4 is 5.82 Å². The molecule has 2 fully saturated rings. The Hall–Kier alpha value is -1.09. The number of anilines is 1. The van der Waals surface area contributed by atoms with Gasteiger partial charge in [-0.25, -0.2) is 4.98 Å². The van der Waals surface area contributed by atoms with Gasteiger partial charge in [0.2, 0.25) is 0 Å². The molecule has 1 aromatic rings. The number of likely N-dealkylation sites (tertiary alicyclic amines) is 1. The molecule has 21 heavy (non-hydrogen) atoms. The minimum atomic E-state index is 0.611. The van der Waals surface area contributed by atoms with Crippen LogP contribution in [0.25, 0.3) is 0 Å². The standard InChI is InChI=1S/C18H29N3/c1-2-3-11-20-14-7-8-17(20)16-9-10-18(19-15-16)21-12-5-4-6-13-21/h9-10,15,17H,2-8,11-14H2,1H3/t17-/m0/s1. The van der Waals surface area contributed by atoms with Crippen molar-refractivity contribution in [3.8, 4) is 0 Å². The number of hydrogen-bond donors (Lipinski definition) is 0. The second kappa shape index (κ2) is 7.26. The summed E-state index contributed by atoms with van der Waals surface area (Å²) in [4.78, 5) is 9.86. The average molecular weight is 287 g/mol. The van der Waals surface area contributed by atoms with Crippen molar-refractivity contribution in [1.29, 1.82) is 0 Å². The monoisotopic (exact) mass is 287 g/mol. The molecule has 1 aromatic heterocycles. The summed E-state index contributed by atoms with van der Waals surface area (Å²) < 4.78 is 0. The summed E-state index contributed by atoms with van der Waals surface area (Å²) in [5.74, 6) is 1.18. The molecule has 1 atom stereocenters.